The van der Waals surface area contributed by atoms with Crippen LogP contribution in [0.15, 0.2) is 35.3 Å². The van der Waals surface area contributed by atoms with E-state index in [1.807, 2.05) is 13.1 Å². The average molecular weight is 318 g/mol. The Kier molecular flexibility index (Phi) is 7.90. The summed E-state index contributed by atoms with van der Waals surface area (Å²) in [5, 5.41) is 3.46. The largest absolute Gasteiger partial charge is 0.379 e. The van der Waals surface area contributed by atoms with Gasteiger partial charge in [0.25, 0.3) is 0 Å². The van der Waals surface area contributed by atoms with E-state index in [1.165, 1.54) is 18.5 Å². The van der Waals surface area contributed by atoms with Crippen LogP contribution in [0.25, 0.3) is 0 Å². The molecule has 0 spiro atoms. The van der Waals surface area contributed by atoms with Gasteiger partial charge in [0, 0.05) is 40.3 Å². The van der Waals surface area contributed by atoms with Crippen LogP contribution in [-0.2, 0) is 11.3 Å². The summed E-state index contributed by atoms with van der Waals surface area (Å²) < 4.78 is 5.37. The molecule has 1 aliphatic rings. The number of morpholine rings is 1. The minimum Gasteiger partial charge on any atom is -0.379 e. The van der Waals surface area contributed by atoms with Crippen molar-refractivity contribution in [2.24, 2.45) is 4.99 Å². The first-order valence-corrected chi connectivity index (χ1v) is 8.55. The van der Waals surface area contributed by atoms with Crippen molar-refractivity contribution in [1.29, 1.82) is 0 Å². The van der Waals surface area contributed by atoms with E-state index in [1.54, 1.807) is 0 Å². The van der Waals surface area contributed by atoms with Crippen molar-refractivity contribution in [3.05, 3.63) is 35.9 Å². The van der Waals surface area contributed by atoms with Crippen LogP contribution in [0.1, 0.15) is 18.4 Å². The van der Waals surface area contributed by atoms with Crippen LogP contribution < -0.4 is 5.32 Å². The highest BCUT2D eigenvalue weighted by Gasteiger charge is 2.09. The number of ether oxygens (including phenoxy) is 1. The number of hydrogen-bond donors (Lipinski definition) is 1. The third-order valence-electron chi connectivity index (χ3n) is 4.12. The first-order valence-electron chi connectivity index (χ1n) is 8.55. The van der Waals surface area contributed by atoms with Crippen LogP contribution in [0.5, 0.6) is 0 Å². The minimum atomic E-state index is 0.869. The van der Waals surface area contributed by atoms with Gasteiger partial charge in [0.1, 0.15) is 0 Å². The normalized spacial score (nSPS) is 16.3. The summed E-state index contributed by atoms with van der Waals surface area (Å²) in [6.07, 6.45) is 2.38. The zero-order valence-corrected chi connectivity index (χ0v) is 14.5. The van der Waals surface area contributed by atoms with E-state index < -0.39 is 0 Å². The van der Waals surface area contributed by atoms with Crippen molar-refractivity contribution in [1.82, 2.24) is 15.1 Å². The molecule has 0 bridgehead atoms. The third-order valence-corrected chi connectivity index (χ3v) is 4.12. The predicted molar refractivity (Wildman–Crippen MR) is 95.8 cm³/mol. The van der Waals surface area contributed by atoms with Crippen LogP contribution in [0.3, 0.4) is 0 Å². The van der Waals surface area contributed by atoms with Gasteiger partial charge in [-0.15, -0.1) is 0 Å². The Morgan fingerprint density at radius 3 is 2.65 bits per heavy atom. The van der Waals surface area contributed by atoms with Crippen LogP contribution >= 0.6 is 0 Å². The van der Waals surface area contributed by atoms with E-state index in [0.717, 1.165) is 51.8 Å². The lowest BCUT2D eigenvalue weighted by molar-refractivity contribution is 0.0372. The van der Waals surface area contributed by atoms with Crippen molar-refractivity contribution in [2.45, 2.75) is 19.4 Å². The fourth-order valence-corrected chi connectivity index (χ4v) is 2.80. The van der Waals surface area contributed by atoms with Crippen LogP contribution in [0, 0.1) is 0 Å². The number of unbranched alkanes of at least 4 members (excludes halogenated alkanes) is 1. The molecular weight excluding hydrogens is 288 g/mol. The molecule has 128 valence electrons. The number of benzene rings is 1. The first-order chi connectivity index (χ1) is 11.3. The Morgan fingerprint density at radius 1 is 1.22 bits per heavy atom. The first kappa shape index (κ1) is 17.8. The average Bonchev–Trinajstić information content (AvgIpc) is 2.60. The molecule has 1 saturated heterocycles. The maximum Gasteiger partial charge on any atom is 0.193 e. The Balaban J connectivity index is 1.62. The number of nitrogens with one attached hydrogen (secondary N) is 1. The van der Waals surface area contributed by atoms with Gasteiger partial charge >= 0.3 is 0 Å². The van der Waals surface area contributed by atoms with Gasteiger partial charge in [-0.05, 0) is 24.9 Å². The van der Waals surface area contributed by atoms with Crippen molar-refractivity contribution in [3.8, 4) is 0 Å². The van der Waals surface area contributed by atoms with Crippen molar-refractivity contribution >= 4 is 5.96 Å². The topological polar surface area (TPSA) is 40.1 Å². The van der Waals surface area contributed by atoms with E-state index in [0.29, 0.717) is 0 Å². The van der Waals surface area contributed by atoms with Crippen molar-refractivity contribution < 1.29 is 4.74 Å². The lowest BCUT2D eigenvalue weighted by Gasteiger charge is -2.26. The number of hydrogen-bond acceptors (Lipinski definition) is 3. The van der Waals surface area contributed by atoms with Gasteiger partial charge in [-0.25, -0.2) is 0 Å². The second-order valence-corrected chi connectivity index (χ2v) is 5.98. The molecule has 0 atom stereocenters. The molecular formula is C18H30N4O. The third kappa shape index (κ3) is 6.59. The van der Waals surface area contributed by atoms with Gasteiger partial charge in [0.15, 0.2) is 5.96 Å². The zero-order chi connectivity index (χ0) is 16.3. The van der Waals surface area contributed by atoms with E-state index in [9.17, 15) is 0 Å². The van der Waals surface area contributed by atoms with Gasteiger partial charge in [0.2, 0.25) is 0 Å². The summed E-state index contributed by atoms with van der Waals surface area (Å²) in [7, 11) is 3.92. The molecule has 1 aliphatic heterocycles. The summed E-state index contributed by atoms with van der Waals surface area (Å²) in [6.45, 7) is 6.93. The molecule has 0 aliphatic carbocycles. The summed E-state index contributed by atoms with van der Waals surface area (Å²) in [6, 6.07) is 10.5. The quantitative estimate of drug-likeness (QED) is 0.473. The Bertz CT molecular complexity index is 457. The van der Waals surface area contributed by atoms with Crippen LogP contribution in [0.4, 0.5) is 0 Å². The van der Waals surface area contributed by atoms with E-state index >= 15 is 0 Å². The molecule has 0 unspecified atom stereocenters. The molecule has 1 aromatic rings. The second-order valence-electron chi connectivity index (χ2n) is 5.98. The number of nitrogens with zero attached hydrogens (tertiary/aromatic N) is 3. The second kappa shape index (κ2) is 10.2. The summed E-state index contributed by atoms with van der Waals surface area (Å²) in [5.41, 5.74) is 1.30. The number of rotatable bonds is 7. The zero-order valence-electron chi connectivity index (χ0n) is 14.5. The Labute approximate surface area is 140 Å². The number of guanidine groups is 1. The monoisotopic (exact) mass is 318 g/mol. The van der Waals surface area contributed by atoms with Gasteiger partial charge in [-0.2, -0.15) is 0 Å². The van der Waals surface area contributed by atoms with E-state index in [-0.39, 0.29) is 0 Å². The molecule has 1 heterocycles. The maximum absolute atomic E-state index is 5.37. The SMILES string of the molecule is CN=C(NCCCCN1CCOCC1)N(C)Cc1ccccc1. The molecule has 1 fully saturated rings. The van der Waals surface area contributed by atoms with Crippen molar-refractivity contribution in [3.63, 3.8) is 0 Å². The molecule has 5 nitrogen and oxygen atoms in total. The molecule has 2 rings (SSSR count). The minimum absolute atomic E-state index is 0.869. The molecule has 1 aromatic carbocycles. The Morgan fingerprint density at radius 2 is 1.96 bits per heavy atom. The molecule has 5 heteroatoms. The maximum atomic E-state index is 5.37. The molecule has 1 N–H and O–H groups in total. The summed E-state index contributed by atoms with van der Waals surface area (Å²) in [5.74, 6) is 0.959. The summed E-state index contributed by atoms with van der Waals surface area (Å²) in [4.78, 5) is 9.03. The van der Waals surface area contributed by atoms with Gasteiger partial charge in [-0.3, -0.25) is 9.89 Å². The van der Waals surface area contributed by atoms with Gasteiger partial charge in [0.05, 0.1) is 13.2 Å². The highest BCUT2D eigenvalue weighted by molar-refractivity contribution is 5.79. The predicted octanol–water partition coefficient (Wildman–Crippen LogP) is 1.81. The smallest absolute Gasteiger partial charge is 0.193 e. The van der Waals surface area contributed by atoms with Crippen LogP contribution in [0.2, 0.25) is 0 Å². The summed E-state index contributed by atoms with van der Waals surface area (Å²) >= 11 is 0. The molecule has 0 amide bonds. The highest BCUT2D eigenvalue weighted by Crippen LogP contribution is 2.03. The van der Waals surface area contributed by atoms with Gasteiger partial charge in [-0.1, -0.05) is 30.3 Å². The lowest BCUT2D eigenvalue weighted by Crippen LogP contribution is -2.39. The Hall–Kier alpha value is -1.59. The van der Waals surface area contributed by atoms with Gasteiger partial charge < -0.3 is 15.0 Å². The van der Waals surface area contributed by atoms with Crippen molar-refractivity contribution in [2.75, 3.05) is 53.5 Å². The molecule has 23 heavy (non-hydrogen) atoms. The standard InChI is InChI=1S/C18H30N4O/c1-19-18(21(2)16-17-8-4-3-5-9-17)20-10-6-7-11-22-12-14-23-15-13-22/h3-5,8-9H,6-7,10-16H2,1-2H3,(H,19,20). The fraction of sp³-hybridized carbons (Fsp3) is 0.611. The molecule has 0 aromatic heterocycles. The van der Waals surface area contributed by atoms with Crippen LogP contribution in [-0.4, -0.2) is 69.2 Å². The number of aliphatic imine (C=N–C) groups is 1. The lowest BCUT2D eigenvalue weighted by atomic mass is 10.2. The fourth-order valence-electron chi connectivity index (χ4n) is 2.80. The van der Waals surface area contributed by atoms with E-state index in [4.69, 9.17) is 4.74 Å². The molecule has 0 radical (unpaired) electrons. The van der Waals surface area contributed by atoms with E-state index in [2.05, 4.69) is 51.4 Å². The highest BCUT2D eigenvalue weighted by atomic mass is 16.5. The molecule has 0 saturated carbocycles.